The predicted octanol–water partition coefficient (Wildman–Crippen LogP) is 7.50. The van der Waals surface area contributed by atoms with Crippen molar-refractivity contribution in [2.24, 2.45) is 11.8 Å². The SMILES string of the molecule is COc1ccc(C(=O)C(Br)CC(C)CCNc2nc(-c3ccc(OC)cc3)c(CC(C)C)s2)cc1. The van der Waals surface area contributed by atoms with Crippen LogP contribution in [0.1, 0.15) is 48.8 Å². The molecule has 0 radical (unpaired) electrons. The van der Waals surface area contributed by atoms with Crippen LogP contribution in [0.5, 0.6) is 11.5 Å². The summed E-state index contributed by atoms with van der Waals surface area (Å²) in [5, 5.41) is 4.46. The fraction of sp³-hybridized carbons (Fsp3) is 0.429. The van der Waals surface area contributed by atoms with E-state index in [1.165, 1.54) is 4.88 Å². The summed E-state index contributed by atoms with van der Waals surface area (Å²) in [6.45, 7) is 7.47. The lowest BCUT2D eigenvalue weighted by molar-refractivity contribution is 0.0983. The lowest BCUT2D eigenvalue weighted by Crippen LogP contribution is -2.18. The molecule has 5 nitrogen and oxygen atoms in total. The zero-order valence-corrected chi connectivity index (χ0v) is 23.5. The molecule has 0 saturated carbocycles. The summed E-state index contributed by atoms with van der Waals surface area (Å²) in [4.78, 5) is 18.8. The molecule has 0 amide bonds. The first-order valence-corrected chi connectivity index (χ1v) is 13.7. The number of Topliss-reactive ketones (excluding diaryl/α,β-unsaturated/α-hetero) is 1. The van der Waals surface area contributed by atoms with Crippen molar-refractivity contribution >= 4 is 38.2 Å². The van der Waals surface area contributed by atoms with Crippen LogP contribution in [-0.4, -0.2) is 36.4 Å². The minimum absolute atomic E-state index is 0.106. The highest BCUT2D eigenvalue weighted by atomic mass is 79.9. The van der Waals surface area contributed by atoms with E-state index in [2.05, 4.69) is 54.2 Å². The van der Waals surface area contributed by atoms with Crippen LogP contribution in [0.2, 0.25) is 0 Å². The second kappa shape index (κ2) is 13.1. The minimum atomic E-state index is -0.204. The number of ketones is 1. The van der Waals surface area contributed by atoms with Crippen LogP contribution in [0.4, 0.5) is 5.13 Å². The Morgan fingerprint density at radius 3 is 2.17 bits per heavy atom. The molecule has 0 aliphatic rings. The lowest BCUT2D eigenvalue weighted by Gasteiger charge is -2.15. The number of rotatable bonds is 13. The molecule has 0 spiro atoms. The number of thiazole rings is 1. The monoisotopic (exact) mass is 558 g/mol. The van der Waals surface area contributed by atoms with E-state index in [0.29, 0.717) is 17.4 Å². The number of ether oxygens (including phenoxy) is 2. The van der Waals surface area contributed by atoms with Gasteiger partial charge in [0.2, 0.25) is 0 Å². The van der Waals surface area contributed by atoms with Crippen molar-refractivity contribution in [3.63, 3.8) is 0 Å². The number of nitrogens with zero attached hydrogens (tertiary/aromatic N) is 1. The van der Waals surface area contributed by atoms with Gasteiger partial charge in [-0.3, -0.25) is 4.79 Å². The van der Waals surface area contributed by atoms with Gasteiger partial charge in [0.25, 0.3) is 0 Å². The Bertz CT molecular complexity index is 1080. The third-order valence-electron chi connectivity index (χ3n) is 5.84. The molecule has 0 saturated heterocycles. The molecule has 2 aromatic carbocycles. The molecule has 1 aromatic heterocycles. The van der Waals surface area contributed by atoms with Crippen molar-refractivity contribution in [1.82, 2.24) is 4.98 Å². The molecule has 188 valence electrons. The van der Waals surface area contributed by atoms with E-state index in [9.17, 15) is 4.79 Å². The van der Waals surface area contributed by atoms with E-state index < -0.39 is 0 Å². The molecule has 3 aromatic rings. The topological polar surface area (TPSA) is 60.5 Å². The van der Waals surface area contributed by atoms with E-state index in [4.69, 9.17) is 14.5 Å². The Labute approximate surface area is 221 Å². The Morgan fingerprint density at radius 1 is 1.00 bits per heavy atom. The molecule has 1 heterocycles. The average Bonchev–Trinajstić information content (AvgIpc) is 3.25. The second-order valence-corrected chi connectivity index (χ2v) is 11.4. The highest BCUT2D eigenvalue weighted by Crippen LogP contribution is 2.34. The van der Waals surface area contributed by atoms with Gasteiger partial charge in [-0.1, -0.05) is 36.7 Å². The van der Waals surface area contributed by atoms with Crippen molar-refractivity contribution < 1.29 is 14.3 Å². The van der Waals surface area contributed by atoms with Crippen molar-refractivity contribution in [2.45, 2.75) is 44.9 Å². The standard InChI is InChI=1S/C28H35BrN2O3S/c1-18(2)16-25-26(20-6-10-22(33-4)11-7-20)31-28(35-25)30-15-14-19(3)17-24(29)27(32)21-8-12-23(34-5)13-9-21/h6-13,18-19,24H,14-17H2,1-5H3,(H,30,31). The van der Waals surface area contributed by atoms with E-state index in [-0.39, 0.29) is 10.6 Å². The van der Waals surface area contributed by atoms with Gasteiger partial charge in [0.1, 0.15) is 11.5 Å². The molecule has 7 heteroatoms. The van der Waals surface area contributed by atoms with Crippen LogP contribution in [0.3, 0.4) is 0 Å². The highest BCUT2D eigenvalue weighted by molar-refractivity contribution is 9.10. The number of halogens is 1. The zero-order valence-electron chi connectivity index (χ0n) is 21.1. The highest BCUT2D eigenvalue weighted by Gasteiger charge is 2.20. The molecule has 0 fully saturated rings. The first-order chi connectivity index (χ1) is 16.8. The number of alkyl halides is 1. The lowest BCUT2D eigenvalue weighted by atomic mass is 9.97. The Hall–Kier alpha value is -2.38. The maximum atomic E-state index is 12.8. The Balaban J connectivity index is 1.56. The smallest absolute Gasteiger partial charge is 0.183 e. The number of anilines is 1. The van der Waals surface area contributed by atoms with Crippen molar-refractivity contribution in [2.75, 3.05) is 26.1 Å². The van der Waals surface area contributed by atoms with Gasteiger partial charge in [-0.2, -0.15) is 0 Å². The van der Waals surface area contributed by atoms with E-state index in [0.717, 1.165) is 53.7 Å². The Morgan fingerprint density at radius 2 is 1.60 bits per heavy atom. The number of hydrogen-bond donors (Lipinski definition) is 1. The van der Waals surface area contributed by atoms with Crippen LogP contribution in [0, 0.1) is 11.8 Å². The van der Waals surface area contributed by atoms with Gasteiger partial charge < -0.3 is 14.8 Å². The van der Waals surface area contributed by atoms with Crippen LogP contribution in [0.15, 0.2) is 48.5 Å². The fourth-order valence-corrected chi connectivity index (χ4v) is 5.97. The molecule has 3 rings (SSSR count). The van der Waals surface area contributed by atoms with Gasteiger partial charge in [-0.15, -0.1) is 11.3 Å². The summed E-state index contributed by atoms with van der Waals surface area (Å²) in [6.07, 6.45) is 2.73. The largest absolute Gasteiger partial charge is 0.497 e. The fourth-order valence-electron chi connectivity index (χ4n) is 3.85. The number of carbonyl (C=O) groups is 1. The molecule has 0 bridgehead atoms. The number of hydrogen-bond acceptors (Lipinski definition) is 6. The molecular weight excluding hydrogens is 524 g/mol. The second-order valence-electron chi connectivity index (χ2n) is 9.23. The first-order valence-electron chi connectivity index (χ1n) is 12.0. The number of aromatic nitrogens is 1. The molecule has 35 heavy (non-hydrogen) atoms. The average molecular weight is 560 g/mol. The van der Waals surface area contributed by atoms with E-state index in [1.54, 1.807) is 25.6 Å². The molecule has 2 unspecified atom stereocenters. The van der Waals surface area contributed by atoms with Crippen molar-refractivity contribution in [1.29, 1.82) is 0 Å². The Kier molecular flexibility index (Phi) is 10.2. The molecular formula is C28H35BrN2O3S. The van der Waals surface area contributed by atoms with Gasteiger partial charge >= 0.3 is 0 Å². The van der Waals surface area contributed by atoms with Gasteiger partial charge in [0.05, 0.1) is 24.7 Å². The van der Waals surface area contributed by atoms with Gasteiger partial charge in [0.15, 0.2) is 10.9 Å². The predicted molar refractivity (Wildman–Crippen MR) is 150 cm³/mol. The third kappa shape index (κ3) is 7.80. The number of methoxy groups -OCH3 is 2. The summed E-state index contributed by atoms with van der Waals surface area (Å²) in [5.41, 5.74) is 2.86. The minimum Gasteiger partial charge on any atom is -0.497 e. The number of benzene rings is 2. The zero-order chi connectivity index (χ0) is 25.4. The van der Waals surface area contributed by atoms with E-state index in [1.807, 2.05) is 36.4 Å². The van der Waals surface area contributed by atoms with Gasteiger partial charge in [-0.05, 0) is 79.6 Å². The number of carbonyl (C=O) groups excluding carboxylic acids is 1. The van der Waals surface area contributed by atoms with Crippen LogP contribution in [0.25, 0.3) is 11.3 Å². The van der Waals surface area contributed by atoms with Gasteiger partial charge in [-0.25, -0.2) is 4.98 Å². The molecule has 2 atom stereocenters. The van der Waals surface area contributed by atoms with Crippen molar-refractivity contribution in [3.8, 4) is 22.8 Å². The first kappa shape index (κ1) is 27.2. The van der Waals surface area contributed by atoms with Crippen LogP contribution < -0.4 is 14.8 Å². The number of nitrogens with one attached hydrogen (secondary N) is 1. The quantitative estimate of drug-likeness (QED) is 0.174. The maximum Gasteiger partial charge on any atom is 0.183 e. The third-order valence-corrected chi connectivity index (χ3v) is 7.66. The summed E-state index contributed by atoms with van der Waals surface area (Å²) >= 11 is 5.34. The van der Waals surface area contributed by atoms with E-state index >= 15 is 0 Å². The van der Waals surface area contributed by atoms with Crippen LogP contribution >= 0.6 is 27.3 Å². The van der Waals surface area contributed by atoms with Crippen LogP contribution in [-0.2, 0) is 6.42 Å². The molecule has 0 aliphatic heterocycles. The maximum absolute atomic E-state index is 12.8. The van der Waals surface area contributed by atoms with Gasteiger partial charge in [0, 0.05) is 22.5 Å². The normalized spacial score (nSPS) is 12.9. The summed E-state index contributed by atoms with van der Waals surface area (Å²) in [5.74, 6) is 2.64. The van der Waals surface area contributed by atoms with Crippen molar-refractivity contribution in [3.05, 3.63) is 59.0 Å². The molecule has 0 aliphatic carbocycles. The summed E-state index contributed by atoms with van der Waals surface area (Å²) < 4.78 is 10.5. The summed E-state index contributed by atoms with van der Waals surface area (Å²) in [7, 11) is 3.30. The molecule has 1 N–H and O–H groups in total. The summed E-state index contributed by atoms with van der Waals surface area (Å²) in [6, 6.07) is 15.4.